The first-order valence-electron chi connectivity index (χ1n) is 6.07. The normalized spacial score (nSPS) is 12.4. The average Bonchev–Trinajstić information content (AvgIpc) is 2.39. The Morgan fingerprint density at radius 3 is 2.68 bits per heavy atom. The monoisotopic (exact) mass is 278 g/mol. The first kappa shape index (κ1) is 14.0. The van der Waals surface area contributed by atoms with Gasteiger partial charge in [-0.05, 0) is 48.2 Å². The van der Waals surface area contributed by atoms with E-state index >= 15 is 0 Å². The molecule has 4 heteroatoms. The van der Waals surface area contributed by atoms with Gasteiger partial charge >= 0.3 is 0 Å². The number of nitrogens with two attached hydrogens (primary N) is 1. The first-order valence-corrected chi connectivity index (χ1v) is 6.44. The molecule has 2 rings (SSSR count). The summed E-state index contributed by atoms with van der Waals surface area (Å²) in [6.07, 6.45) is 0.620. The highest BCUT2D eigenvalue weighted by molar-refractivity contribution is 6.31. The smallest absolute Gasteiger partial charge is 0.123 e. The van der Waals surface area contributed by atoms with Crippen molar-refractivity contribution in [3.8, 4) is 0 Å². The Hall–Kier alpha value is -1.42. The minimum absolute atomic E-state index is 0.0715. The lowest BCUT2D eigenvalue weighted by Crippen LogP contribution is -2.29. The quantitative estimate of drug-likeness (QED) is 0.663. The molecule has 0 saturated carbocycles. The molecule has 2 aromatic rings. The fraction of sp³-hybridized carbons (Fsp3) is 0.200. The molecule has 19 heavy (non-hydrogen) atoms. The second-order valence-electron chi connectivity index (χ2n) is 4.56. The third kappa shape index (κ3) is 3.53. The molecule has 100 valence electrons. The Balaban J connectivity index is 2.22. The number of hydrogen-bond acceptors (Lipinski definition) is 2. The van der Waals surface area contributed by atoms with Gasteiger partial charge in [-0.3, -0.25) is 11.3 Å². The third-order valence-corrected chi connectivity index (χ3v) is 3.54. The molecule has 0 heterocycles. The van der Waals surface area contributed by atoms with Crippen molar-refractivity contribution in [2.24, 2.45) is 5.84 Å². The molecule has 1 atom stereocenters. The van der Waals surface area contributed by atoms with E-state index in [0.717, 1.165) is 21.7 Å². The largest absolute Gasteiger partial charge is 0.271 e. The van der Waals surface area contributed by atoms with Crippen molar-refractivity contribution < 1.29 is 4.39 Å². The Kier molecular flexibility index (Phi) is 4.53. The van der Waals surface area contributed by atoms with Crippen LogP contribution in [0.2, 0.25) is 5.02 Å². The molecule has 1 unspecified atom stereocenters. The highest BCUT2D eigenvalue weighted by atomic mass is 35.5. The van der Waals surface area contributed by atoms with Gasteiger partial charge in [0.15, 0.2) is 0 Å². The second kappa shape index (κ2) is 6.15. The minimum Gasteiger partial charge on any atom is -0.271 e. The summed E-state index contributed by atoms with van der Waals surface area (Å²) in [6, 6.07) is 12.2. The first-order chi connectivity index (χ1) is 9.10. The maximum Gasteiger partial charge on any atom is 0.123 e. The summed E-state index contributed by atoms with van der Waals surface area (Å²) in [6.45, 7) is 1.95. The van der Waals surface area contributed by atoms with Crippen molar-refractivity contribution in [1.82, 2.24) is 5.43 Å². The number of halogens is 2. The van der Waals surface area contributed by atoms with Gasteiger partial charge in [-0.1, -0.05) is 35.9 Å². The molecule has 0 aromatic heterocycles. The molecule has 0 aliphatic heterocycles. The number of rotatable bonds is 4. The van der Waals surface area contributed by atoms with Crippen LogP contribution in [0.1, 0.15) is 22.7 Å². The van der Waals surface area contributed by atoms with Crippen LogP contribution in [0, 0.1) is 12.7 Å². The van der Waals surface area contributed by atoms with E-state index in [-0.39, 0.29) is 11.9 Å². The van der Waals surface area contributed by atoms with E-state index in [9.17, 15) is 4.39 Å². The molecule has 0 aliphatic carbocycles. The molecule has 0 radical (unpaired) electrons. The molecule has 0 saturated heterocycles. The van der Waals surface area contributed by atoms with E-state index in [1.807, 2.05) is 31.2 Å². The summed E-state index contributed by atoms with van der Waals surface area (Å²) in [7, 11) is 0. The number of benzene rings is 2. The number of hydrogen-bond donors (Lipinski definition) is 2. The van der Waals surface area contributed by atoms with E-state index in [1.165, 1.54) is 12.1 Å². The van der Waals surface area contributed by atoms with Crippen molar-refractivity contribution in [2.45, 2.75) is 19.4 Å². The Morgan fingerprint density at radius 2 is 2.05 bits per heavy atom. The van der Waals surface area contributed by atoms with Crippen LogP contribution in [0.25, 0.3) is 0 Å². The van der Waals surface area contributed by atoms with Crippen molar-refractivity contribution >= 4 is 11.6 Å². The van der Waals surface area contributed by atoms with Crippen LogP contribution in [0.3, 0.4) is 0 Å². The van der Waals surface area contributed by atoms with Crippen molar-refractivity contribution in [1.29, 1.82) is 0 Å². The highest BCUT2D eigenvalue weighted by Gasteiger charge is 2.12. The Labute approximate surface area is 117 Å². The summed E-state index contributed by atoms with van der Waals surface area (Å²) in [5.74, 6) is 5.37. The number of nitrogens with one attached hydrogen (secondary N) is 1. The predicted molar refractivity (Wildman–Crippen MR) is 76.4 cm³/mol. The number of aryl methyl sites for hydroxylation is 1. The molecule has 2 aromatic carbocycles. The van der Waals surface area contributed by atoms with E-state index in [4.69, 9.17) is 17.4 Å². The van der Waals surface area contributed by atoms with Crippen molar-refractivity contribution in [2.75, 3.05) is 0 Å². The van der Waals surface area contributed by atoms with Crippen LogP contribution >= 0.6 is 11.6 Å². The van der Waals surface area contributed by atoms with Crippen molar-refractivity contribution in [3.63, 3.8) is 0 Å². The maximum absolute atomic E-state index is 13.2. The van der Waals surface area contributed by atoms with Crippen LogP contribution in [0.15, 0.2) is 42.5 Å². The van der Waals surface area contributed by atoms with E-state index in [2.05, 4.69) is 5.43 Å². The molecule has 0 aliphatic rings. The third-order valence-electron chi connectivity index (χ3n) is 3.11. The van der Waals surface area contributed by atoms with Gasteiger partial charge in [0.2, 0.25) is 0 Å². The van der Waals surface area contributed by atoms with Gasteiger partial charge in [0.05, 0.1) is 0 Å². The predicted octanol–water partition coefficient (Wildman–Crippen LogP) is 3.53. The van der Waals surface area contributed by atoms with Crippen molar-refractivity contribution in [3.05, 3.63) is 70.0 Å². The van der Waals surface area contributed by atoms with Gasteiger partial charge in [0, 0.05) is 11.1 Å². The lowest BCUT2D eigenvalue weighted by atomic mass is 9.98. The fourth-order valence-electron chi connectivity index (χ4n) is 2.06. The Bertz CT molecular complexity index is 572. The average molecular weight is 279 g/mol. The highest BCUT2D eigenvalue weighted by Crippen LogP contribution is 2.23. The molecule has 0 amide bonds. The van der Waals surface area contributed by atoms with Gasteiger partial charge in [0.1, 0.15) is 5.82 Å². The Morgan fingerprint density at radius 1 is 1.26 bits per heavy atom. The molecule has 0 spiro atoms. The summed E-state index contributed by atoms with van der Waals surface area (Å²) < 4.78 is 13.2. The lowest BCUT2D eigenvalue weighted by molar-refractivity contribution is 0.548. The zero-order chi connectivity index (χ0) is 13.8. The van der Waals surface area contributed by atoms with Crippen LogP contribution in [0.4, 0.5) is 4.39 Å². The van der Waals surface area contributed by atoms with Crippen LogP contribution in [0.5, 0.6) is 0 Å². The van der Waals surface area contributed by atoms with Crippen LogP contribution in [-0.2, 0) is 6.42 Å². The van der Waals surface area contributed by atoms with E-state index in [1.54, 1.807) is 6.07 Å². The SMILES string of the molecule is Cc1cc(C(Cc2cccc(F)c2)NN)ccc1Cl. The topological polar surface area (TPSA) is 38.0 Å². The van der Waals surface area contributed by atoms with Crippen LogP contribution < -0.4 is 11.3 Å². The summed E-state index contributed by atoms with van der Waals surface area (Å²) in [5.41, 5.74) is 5.70. The summed E-state index contributed by atoms with van der Waals surface area (Å²) in [4.78, 5) is 0. The summed E-state index contributed by atoms with van der Waals surface area (Å²) in [5, 5.41) is 0.727. The zero-order valence-electron chi connectivity index (χ0n) is 10.7. The van der Waals surface area contributed by atoms with Gasteiger partial charge < -0.3 is 0 Å². The standard InChI is InChI=1S/C15H16ClFN2/c1-10-7-12(5-6-14(10)16)15(19-18)9-11-3-2-4-13(17)8-11/h2-8,15,19H,9,18H2,1H3. The second-order valence-corrected chi connectivity index (χ2v) is 4.97. The summed E-state index contributed by atoms with van der Waals surface area (Å²) >= 11 is 6.01. The van der Waals surface area contributed by atoms with Gasteiger partial charge in [0.25, 0.3) is 0 Å². The molecular formula is C15H16ClFN2. The van der Waals surface area contributed by atoms with E-state index in [0.29, 0.717) is 6.42 Å². The van der Waals surface area contributed by atoms with Crippen LogP contribution in [-0.4, -0.2) is 0 Å². The maximum atomic E-state index is 13.2. The number of hydrazine groups is 1. The lowest BCUT2D eigenvalue weighted by Gasteiger charge is -2.17. The zero-order valence-corrected chi connectivity index (χ0v) is 11.4. The molecule has 2 nitrogen and oxygen atoms in total. The fourth-order valence-corrected chi connectivity index (χ4v) is 2.17. The van der Waals surface area contributed by atoms with Gasteiger partial charge in [-0.15, -0.1) is 0 Å². The van der Waals surface area contributed by atoms with E-state index < -0.39 is 0 Å². The minimum atomic E-state index is -0.236. The molecule has 0 fully saturated rings. The van der Waals surface area contributed by atoms with Gasteiger partial charge in [-0.25, -0.2) is 4.39 Å². The molecule has 3 N–H and O–H groups in total. The molecular weight excluding hydrogens is 263 g/mol. The molecule has 0 bridgehead atoms. The van der Waals surface area contributed by atoms with Gasteiger partial charge in [-0.2, -0.15) is 0 Å².